The first-order valence-corrected chi connectivity index (χ1v) is 9.65. The molecule has 2 N–H and O–H groups in total. The number of anilines is 2. The Morgan fingerprint density at radius 3 is 1.83 bits per heavy atom. The predicted octanol–water partition coefficient (Wildman–Crippen LogP) is 3.99. The van der Waals surface area contributed by atoms with E-state index in [9.17, 15) is 9.59 Å². The first-order valence-electron chi connectivity index (χ1n) is 9.65. The van der Waals surface area contributed by atoms with Gasteiger partial charge in [0.1, 0.15) is 0 Å². The summed E-state index contributed by atoms with van der Waals surface area (Å²) >= 11 is 0. The highest BCUT2D eigenvalue weighted by Crippen LogP contribution is 2.33. The molecule has 0 aliphatic carbocycles. The van der Waals surface area contributed by atoms with Crippen molar-refractivity contribution < 1.29 is 14.3 Å². The Morgan fingerprint density at radius 1 is 0.931 bits per heavy atom. The average Bonchev–Trinajstić information content (AvgIpc) is 2.67. The number of hydrogen-bond acceptors (Lipinski definition) is 4. The molecule has 6 nitrogen and oxygen atoms in total. The molecule has 1 unspecified atom stereocenters. The van der Waals surface area contributed by atoms with Gasteiger partial charge >= 0.3 is 0 Å². The second kappa shape index (κ2) is 8.39. The number of para-hydroxylation sites is 2. The smallest absolute Gasteiger partial charge is 0.266 e. The maximum Gasteiger partial charge on any atom is 0.266 e. The molecule has 0 radical (unpaired) electrons. The van der Waals surface area contributed by atoms with Gasteiger partial charge in [-0.15, -0.1) is 0 Å². The van der Waals surface area contributed by atoms with Gasteiger partial charge in [-0.2, -0.15) is 0 Å². The Hall–Kier alpha value is -3.28. The van der Waals surface area contributed by atoms with E-state index >= 15 is 0 Å². The number of carbonyl (C=O) groups excluding carboxylic acids is 2. The quantitative estimate of drug-likeness (QED) is 0.468. The third-order valence-corrected chi connectivity index (χ3v) is 5.04. The van der Waals surface area contributed by atoms with Gasteiger partial charge < -0.3 is 20.3 Å². The molecule has 2 aromatic carbocycles. The minimum Gasteiger partial charge on any atom is -0.475 e. The van der Waals surface area contributed by atoms with Crippen molar-refractivity contribution in [2.45, 2.75) is 38.8 Å². The lowest BCUT2D eigenvalue weighted by Gasteiger charge is -2.45. The van der Waals surface area contributed by atoms with Gasteiger partial charge in [0.05, 0.1) is 6.10 Å². The fraction of sp³-hybridized carbons (Fsp3) is 0.304. The molecule has 1 saturated heterocycles. The van der Waals surface area contributed by atoms with Gasteiger partial charge in [-0.3, -0.25) is 9.59 Å². The number of nitrogens with zero attached hydrogens (tertiary/aromatic N) is 1. The van der Waals surface area contributed by atoms with Gasteiger partial charge in [-0.05, 0) is 45.0 Å². The van der Waals surface area contributed by atoms with Crippen LogP contribution in [-0.2, 0) is 14.3 Å². The molecule has 2 aromatic rings. The highest BCUT2D eigenvalue weighted by atomic mass is 16.5. The van der Waals surface area contributed by atoms with Crippen molar-refractivity contribution in [1.29, 1.82) is 0 Å². The Labute approximate surface area is 171 Å². The number of carbonyl (C=O) groups is 2. The number of amides is 2. The number of ether oxygens (including phenoxy) is 1. The molecule has 1 fully saturated rings. The van der Waals surface area contributed by atoms with Crippen molar-refractivity contribution in [2.24, 2.45) is 0 Å². The number of benzene rings is 2. The Balaban J connectivity index is 2.00. The molecule has 0 saturated carbocycles. The van der Waals surface area contributed by atoms with Gasteiger partial charge in [-0.25, -0.2) is 0 Å². The van der Waals surface area contributed by atoms with Crippen molar-refractivity contribution >= 4 is 23.2 Å². The summed E-state index contributed by atoms with van der Waals surface area (Å²) in [6.45, 7) is 6.07. The first-order chi connectivity index (χ1) is 13.8. The first kappa shape index (κ1) is 20.5. The van der Waals surface area contributed by atoms with E-state index in [2.05, 4.69) is 24.5 Å². The van der Waals surface area contributed by atoms with Crippen LogP contribution in [-0.4, -0.2) is 35.4 Å². The van der Waals surface area contributed by atoms with E-state index in [1.165, 1.54) is 0 Å². The molecule has 1 aliphatic rings. The largest absolute Gasteiger partial charge is 0.475 e. The fourth-order valence-corrected chi connectivity index (χ4v) is 3.38. The van der Waals surface area contributed by atoms with Gasteiger partial charge in [0.15, 0.2) is 5.57 Å². The van der Waals surface area contributed by atoms with E-state index in [0.717, 1.165) is 6.42 Å². The molecule has 1 aliphatic heterocycles. The molecule has 6 heteroatoms. The maximum absolute atomic E-state index is 13.2. The number of rotatable bonds is 4. The van der Waals surface area contributed by atoms with E-state index in [0.29, 0.717) is 11.4 Å². The van der Waals surface area contributed by atoms with Crippen LogP contribution in [0.3, 0.4) is 0 Å². The van der Waals surface area contributed by atoms with E-state index in [1.54, 1.807) is 24.3 Å². The summed E-state index contributed by atoms with van der Waals surface area (Å²) in [5.74, 6) is -0.761. The number of hydrogen-bond donors (Lipinski definition) is 2. The minimum atomic E-state index is -0.517. The van der Waals surface area contributed by atoms with Crippen molar-refractivity contribution in [3.63, 3.8) is 0 Å². The van der Waals surface area contributed by atoms with Crippen LogP contribution >= 0.6 is 0 Å². The van der Waals surface area contributed by atoms with Crippen molar-refractivity contribution in [1.82, 2.24) is 4.90 Å². The third-order valence-electron chi connectivity index (χ3n) is 5.04. The lowest BCUT2D eigenvalue weighted by molar-refractivity contribution is -0.120. The van der Waals surface area contributed by atoms with E-state index in [1.807, 2.05) is 55.3 Å². The molecule has 152 valence electrons. The second-order valence-corrected chi connectivity index (χ2v) is 7.82. The zero-order chi connectivity index (χ0) is 21.0. The standard InChI is InChI=1S/C23H27N3O3/c1-16-15-23(2,3)26(4)22(29-16)19(20(27)24-17-11-7-5-8-12-17)21(28)25-18-13-9-6-10-14-18/h5-14,16H,15H2,1-4H3,(H,24,27)(H,25,28). The summed E-state index contributed by atoms with van der Waals surface area (Å²) in [4.78, 5) is 28.2. The van der Waals surface area contributed by atoms with E-state index < -0.39 is 11.8 Å². The summed E-state index contributed by atoms with van der Waals surface area (Å²) in [7, 11) is 1.84. The summed E-state index contributed by atoms with van der Waals surface area (Å²) < 4.78 is 6.00. The van der Waals surface area contributed by atoms with E-state index in [-0.39, 0.29) is 23.1 Å². The molecule has 0 bridgehead atoms. The SMILES string of the molecule is CC1CC(C)(C)N(C)C(=C(C(=O)Nc2ccccc2)C(=O)Nc2ccccc2)O1. The van der Waals surface area contributed by atoms with Gasteiger partial charge in [-0.1, -0.05) is 36.4 Å². The molecule has 29 heavy (non-hydrogen) atoms. The van der Waals surface area contributed by atoms with Crippen LogP contribution in [0.2, 0.25) is 0 Å². The van der Waals surface area contributed by atoms with Crippen molar-refractivity contribution in [3.8, 4) is 0 Å². The molecular weight excluding hydrogens is 366 g/mol. The van der Waals surface area contributed by atoms with Crippen LogP contribution in [0, 0.1) is 0 Å². The van der Waals surface area contributed by atoms with Crippen molar-refractivity contribution in [3.05, 3.63) is 72.1 Å². The van der Waals surface area contributed by atoms with Gasteiger partial charge in [0.2, 0.25) is 5.88 Å². The zero-order valence-corrected chi connectivity index (χ0v) is 17.2. The monoisotopic (exact) mass is 393 g/mol. The highest BCUT2D eigenvalue weighted by Gasteiger charge is 2.39. The third kappa shape index (κ3) is 4.77. The molecule has 1 heterocycles. The molecular formula is C23H27N3O3. The summed E-state index contributed by atoms with van der Waals surface area (Å²) in [6.07, 6.45) is 0.654. The maximum atomic E-state index is 13.2. The normalized spacial score (nSPS) is 17.9. The molecule has 0 spiro atoms. The van der Waals surface area contributed by atoms with Crippen LogP contribution in [0.4, 0.5) is 11.4 Å². The van der Waals surface area contributed by atoms with Gasteiger partial charge in [0.25, 0.3) is 11.8 Å². The van der Waals surface area contributed by atoms with Crippen LogP contribution in [0.25, 0.3) is 0 Å². The van der Waals surface area contributed by atoms with Crippen LogP contribution < -0.4 is 10.6 Å². The fourth-order valence-electron chi connectivity index (χ4n) is 3.38. The average molecular weight is 393 g/mol. The minimum absolute atomic E-state index is 0.0557. The summed E-state index contributed by atoms with van der Waals surface area (Å²) in [5.41, 5.74) is 0.890. The molecule has 1 atom stereocenters. The van der Waals surface area contributed by atoms with Crippen molar-refractivity contribution in [2.75, 3.05) is 17.7 Å². The number of nitrogens with one attached hydrogen (secondary N) is 2. The Kier molecular flexibility index (Phi) is 5.92. The van der Waals surface area contributed by atoms with Gasteiger partial charge in [0, 0.05) is 30.4 Å². The van der Waals surface area contributed by atoms with Crippen LogP contribution in [0.15, 0.2) is 72.1 Å². The summed E-state index contributed by atoms with van der Waals surface area (Å²) in [6, 6.07) is 18.1. The predicted molar refractivity (Wildman–Crippen MR) is 114 cm³/mol. The Morgan fingerprint density at radius 2 is 1.38 bits per heavy atom. The highest BCUT2D eigenvalue weighted by molar-refractivity contribution is 6.26. The van der Waals surface area contributed by atoms with E-state index in [4.69, 9.17) is 4.74 Å². The second-order valence-electron chi connectivity index (χ2n) is 7.82. The Bertz CT molecular complexity index is 852. The topological polar surface area (TPSA) is 70.7 Å². The molecule has 2 amide bonds. The van der Waals surface area contributed by atoms with Crippen LogP contribution in [0.1, 0.15) is 27.2 Å². The summed E-state index contributed by atoms with van der Waals surface area (Å²) in [5, 5.41) is 5.61. The molecule has 0 aromatic heterocycles. The zero-order valence-electron chi connectivity index (χ0n) is 17.2. The molecule has 3 rings (SSSR count). The lowest BCUT2D eigenvalue weighted by atomic mass is 9.93. The lowest BCUT2D eigenvalue weighted by Crippen LogP contribution is -2.50. The van der Waals surface area contributed by atoms with Crippen LogP contribution in [0.5, 0.6) is 0 Å².